The van der Waals surface area contributed by atoms with Gasteiger partial charge >= 0.3 is 67.8 Å². The van der Waals surface area contributed by atoms with Gasteiger partial charge < -0.3 is 9.84 Å². The van der Waals surface area contributed by atoms with E-state index >= 15 is 0 Å². The summed E-state index contributed by atoms with van der Waals surface area (Å²) in [5.74, 6) is 6.31. The van der Waals surface area contributed by atoms with Crippen molar-refractivity contribution < 1.29 is 71.3 Å². The molecule has 0 heterocycles. The number of hydrogen-bond donors (Lipinski definition) is 1. The van der Waals surface area contributed by atoms with Crippen LogP contribution in [0, 0.1) is 51.7 Å². The maximum absolute atomic E-state index is 10.9. The summed E-state index contributed by atoms with van der Waals surface area (Å²) in [5.41, 5.74) is 0.206. The first-order chi connectivity index (χ1) is 22.1. The van der Waals surface area contributed by atoms with Crippen LogP contribution in [0.1, 0.15) is 135 Å². The first-order valence-electron chi connectivity index (χ1n) is 15.2. The van der Waals surface area contributed by atoms with Crippen LogP contribution in [0.2, 0.25) is 0 Å². The molecule has 0 saturated heterocycles. The van der Waals surface area contributed by atoms with E-state index in [1.54, 1.807) is 0 Å². The van der Waals surface area contributed by atoms with Crippen molar-refractivity contribution >= 4 is 0 Å². The van der Waals surface area contributed by atoms with Gasteiger partial charge in [0.2, 0.25) is 0 Å². The zero-order valence-corrected chi connectivity index (χ0v) is 30.2. The Hall–Kier alpha value is -1.85. The van der Waals surface area contributed by atoms with Gasteiger partial charge in [-0.25, -0.2) is 0 Å². The van der Waals surface area contributed by atoms with Crippen LogP contribution < -0.4 is 0 Å². The van der Waals surface area contributed by atoms with Gasteiger partial charge in [-0.1, -0.05) is 134 Å². The van der Waals surface area contributed by atoms with Gasteiger partial charge in [-0.3, -0.25) is 0 Å². The third-order valence-corrected chi connectivity index (χ3v) is 6.35. The second-order valence-electron chi connectivity index (χ2n) is 9.98. The minimum absolute atomic E-state index is 0. The fourth-order valence-electron chi connectivity index (χ4n) is 4.28. The van der Waals surface area contributed by atoms with Crippen LogP contribution >= 0.6 is 0 Å². The average molecular weight is 743 g/mol. The summed E-state index contributed by atoms with van der Waals surface area (Å²) in [7, 11) is 0. The molecule has 0 amide bonds. The second kappa shape index (κ2) is 62.9. The first-order valence-corrected chi connectivity index (χ1v) is 15.2. The zero-order chi connectivity index (χ0) is 36.0. The predicted octanol–water partition coefficient (Wildman–Crippen LogP) is 8.77. The molecule has 0 fully saturated rings. The summed E-state index contributed by atoms with van der Waals surface area (Å²) >= 11 is 0. The van der Waals surface area contributed by atoms with Crippen molar-refractivity contribution in [2.45, 2.75) is 148 Å². The summed E-state index contributed by atoms with van der Waals surface area (Å²) in [4.78, 5) is 0. The number of benzene rings is 1. The molecule has 266 valence electrons. The van der Waals surface area contributed by atoms with Gasteiger partial charge in [0.05, 0.1) is 12.7 Å². The van der Waals surface area contributed by atoms with E-state index in [-0.39, 0.29) is 39.7 Å². The number of aliphatic hydroxyl groups is 1. The molecule has 0 aromatic heterocycles. The predicted molar refractivity (Wildman–Crippen MR) is 167 cm³/mol. The van der Waals surface area contributed by atoms with Gasteiger partial charge in [0.1, 0.15) is 5.60 Å². The minimum Gasteiger partial charge on any atom is 0 e. The number of unbranched alkanes of at least 4 members (excludes halogenated alkanes) is 13. The third kappa shape index (κ3) is 56.8. The Balaban J connectivity index is -0.000000162. The molecule has 0 aliphatic rings. The van der Waals surface area contributed by atoms with E-state index in [1.807, 2.05) is 13.0 Å². The van der Waals surface area contributed by atoms with Gasteiger partial charge in [0, 0.05) is 46.4 Å². The van der Waals surface area contributed by atoms with Crippen molar-refractivity contribution in [3.63, 3.8) is 0 Å². The summed E-state index contributed by atoms with van der Waals surface area (Å²) in [5, 5.41) is 10.9. The van der Waals surface area contributed by atoms with E-state index in [0.717, 1.165) is 25.7 Å². The number of hydrogen-bond acceptors (Lipinski definition) is 2. The van der Waals surface area contributed by atoms with Gasteiger partial charge in [0.25, 0.3) is 0 Å². The molecule has 1 aromatic carbocycles. The van der Waals surface area contributed by atoms with E-state index in [9.17, 15) is 5.11 Å². The number of ether oxygens (including phenoxy) is 1. The van der Waals surface area contributed by atoms with Crippen molar-refractivity contribution in [2.24, 2.45) is 0 Å². The molecule has 10 heteroatoms. The maximum Gasteiger partial charge on any atom is 0 e. The van der Waals surface area contributed by atoms with Crippen LogP contribution in [0.5, 0.6) is 0 Å². The van der Waals surface area contributed by atoms with E-state index < -0.39 is 5.60 Å². The molecule has 1 unspecified atom stereocenters. The molecular formula is C37H52Co2O8. The molecule has 1 rings (SSSR count). The van der Waals surface area contributed by atoms with Crippen LogP contribution in [0.3, 0.4) is 0 Å². The van der Waals surface area contributed by atoms with E-state index in [4.69, 9.17) is 32.6 Å². The molecule has 0 spiro atoms. The standard InChI is InChI=1S/C31H52O2.6CO.2Co/c1-4-6-8-10-11-12-13-14-15-16-21-25-30(33-28-29-23-19-18-20-24-29)27-31(3,32)26-22-17-9-7-5-2;6*1-2;;/h18-20,23-24,30,32H,4-17,21,25,27-28H2,1-3H3;;;;;;;;/t30-,31?;;;;;;;;/m0......../s1. The molecule has 2 atom stereocenters. The van der Waals surface area contributed by atoms with E-state index in [0.29, 0.717) is 13.0 Å². The fraction of sp³-hybridized carbons (Fsp3) is 0.622. The maximum atomic E-state index is 10.9. The Morgan fingerprint density at radius 2 is 1.02 bits per heavy atom. The van der Waals surface area contributed by atoms with Crippen LogP contribution in [-0.2, 0) is 72.8 Å². The number of rotatable bonds is 20. The molecule has 47 heavy (non-hydrogen) atoms. The first kappa shape index (κ1) is 63.8. The average Bonchev–Trinajstić information content (AvgIpc) is 3.11. The molecule has 0 aliphatic heterocycles. The Kier molecular flexibility index (Phi) is 85.4. The summed E-state index contributed by atoms with van der Waals surface area (Å²) in [6, 6.07) is 10.3. The Labute approximate surface area is 306 Å². The largest absolute Gasteiger partial charge is 0 e. The molecule has 0 saturated carbocycles. The van der Waals surface area contributed by atoms with Crippen molar-refractivity contribution in [3.05, 3.63) is 75.8 Å². The summed E-state index contributed by atoms with van der Waals surface area (Å²) < 4.78 is 51.3. The molecular weight excluding hydrogens is 690 g/mol. The van der Waals surface area contributed by atoms with E-state index in [2.05, 4.69) is 89.9 Å². The molecule has 8 nitrogen and oxygen atoms in total. The normalized spacial score (nSPS) is 9.96. The summed E-state index contributed by atoms with van der Waals surface area (Å²) in [6.07, 6.45) is 20.8. The quantitative estimate of drug-likeness (QED) is 0.0616. The van der Waals surface area contributed by atoms with Crippen LogP contribution in [0.15, 0.2) is 30.3 Å². The van der Waals surface area contributed by atoms with Gasteiger partial charge in [0.15, 0.2) is 0 Å². The van der Waals surface area contributed by atoms with Gasteiger partial charge in [-0.2, -0.15) is 0 Å². The molecule has 2 radical (unpaired) electrons. The molecule has 1 aromatic rings. The molecule has 1 N–H and O–H groups in total. The van der Waals surface area contributed by atoms with Crippen LogP contribution in [-0.4, -0.2) is 16.8 Å². The van der Waals surface area contributed by atoms with Gasteiger partial charge in [-0.15, -0.1) is 5.92 Å². The van der Waals surface area contributed by atoms with Crippen molar-refractivity contribution in [1.29, 1.82) is 0 Å². The van der Waals surface area contributed by atoms with Gasteiger partial charge in [-0.05, 0) is 25.3 Å². The Morgan fingerprint density at radius 1 is 0.638 bits per heavy atom. The second-order valence-corrected chi connectivity index (χ2v) is 9.98. The Bertz CT molecular complexity index is 836. The molecule has 0 bridgehead atoms. The monoisotopic (exact) mass is 742 g/mol. The third-order valence-electron chi connectivity index (χ3n) is 6.35. The van der Waals surface area contributed by atoms with Crippen LogP contribution in [0.25, 0.3) is 0 Å². The van der Waals surface area contributed by atoms with Crippen molar-refractivity contribution in [3.8, 4) is 11.8 Å². The van der Waals surface area contributed by atoms with E-state index in [1.165, 1.54) is 82.6 Å². The fourth-order valence-corrected chi connectivity index (χ4v) is 4.28. The van der Waals surface area contributed by atoms with Crippen LogP contribution in [0.4, 0.5) is 0 Å². The smallest absolute Gasteiger partial charge is 0 e. The zero-order valence-electron chi connectivity index (χ0n) is 28.2. The topological polar surface area (TPSA) is 149 Å². The SMILES string of the molecule is CCCCCC#CC(C)(O)C[C@H](CCCCCCCCCCCCC)OCc1ccccc1.[C-]#[O+].[C-]#[O+].[C-]#[O+].[C-]#[O+].[C-]#[O+].[C-]#[O+].[Co].[Co]. The minimum atomic E-state index is -0.981. The van der Waals surface area contributed by atoms with Crippen molar-refractivity contribution in [1.82, 2.24) is 0 Å². The Morgan fingerprint density at radius 3 is 1.45 bits per heavy atom. The molecule has 0 aliphatic carbocycles. The van der Waals surface area contributed by atoms with Crippen molar-refractivity contribution in [2.75, 3.05) is 0 Å². The summed E-state index contributed by atoms with van der Waals surface area (Å²) in [6.45, 7) is 33.9.